The summed E-state index contributed by atoms with van der Waals surface area (Å²) in [4.78, 5) is 0. The summed E-state index contributed by atoms with van der Waals surface area (Å²) >= 11 is 0. The van der Waals surface area contributed by atoms with E-state index in [0.717, 1.165) is 0 Å². The Bertz CT molecular complexity index is 204. The van der Waals surface area contributed by atoms with E-state index < -0.39 is 31.2 Å². The van der Waals surface area contributed by atoms with Crippen molar-refractivity contribution >= 4 is 0 Å². The summed E-state index contributed by atoms with van der Waals surface area (Å²) in [6, 6.07) is 0. The SMILES string of the molecule is FC(OC(F)(F)CC(F)(F)F)C(F)(F)F. The fourth-order valence-electron chi connectivity index (χ4n) is 0.493. The monoisotopic (exact) mass is 250 g/mol. The maximum absolute atomic E-state index is 12.0. The van der Waals surface area contributed by atoms with Crippen molar-refractivity contribution in [1.82, 2.24) is 0 Å². The number of hydrogen-bond acceptors (Lipinski definition) is 1. The highest BCUT2D eigenvalue weighted by molar-refractivity contribution is 4.64. The van der Waals surface area contributed by atoms with Crippen LogP contribution in [0.3, 0.4) is 0 Å². The average molecular weight is 250 g/mol. The van der Waals surface area contributed by atoms with Crippen LogP contribution in [0, 0.1) is 0 Å². The van der Waals surface area contributed by atoms with Crippen LogP contribution in [0.2, 0.25) is 0 Å². The normalized spacial score (nSPS) is 16.6. The second-order valence-electron chi connectivity index (χ2n) is 2.40. The van der Waals surface area contributed by atoms with Gasteiger partial charge >= 0.3 is 18.5 Å². The largest absolute Gasteiger partial charge is 0.445 e. The average Bonchev–Trinajstić information content (AvgIpc) is 1.76. The Morgan fingerprint density at radius 2 is 1.27 bits per heavy atom. The van der Waals surface area contributed by atoms with Gasteiger partial charge in [-0.25, -0.2) is 4.39 Å². The maximum atomic E-state index is 12.0. The van der Waals surface area contributed by atoms with Crippen LogP contribution in [0.25, 0.3) is 0 Å². The van der Waals surface area contributed by atoms with Gasteiger partial charge in [0.2, 0.25) is 0 Å². The number of rotatable bonds is 3. The van der Waals surface area contributed by atoms with Crippen molar-refractivity contribution < 1.29 is 44.3 Å². The molecule has 1 unspecified atom stereocenters. The molecule has 0 heterocycles. The summed E-state index contributed by atoms with van der Waals surface area (Å²) in [5.74, 6) is 0. The summed E-state index contributed by atoms with van der Waals surface area (Å²) in [5, 5.41) is 0. The van der Waals surface area contributed by atoms with Crippen LogP contribution in [0.5, 0.6) is 0 Å². The summed E-state index contributed by atoms with van der Waals surface area (Å²) in [7, 11) is 0. The minimum absolute atomic E-state index is 2.33. The molecule has 0 aliphatic carbocycles. The first-order valence-electron chi connectivity index (χ1n) is 3.17. The number of alkyl halides is 9. The quantitative estimate of drug-likeness (QED) is 0.697. The van der Waals surface area contributed by atoms with Gasteiger partial charge in [-0.05, 0) is 0 Å². The third kappa shape index (κ3) is 6.42. The van der Waals surface area contributed by atoms with E-state index in [1.54, 1.807) is 0 Å². The number of ether oxygens (including phenoxy) is 1. The van der Waals surface area contributed by atoms with Crippen LogP contribution < -0.4 is 0 Å². The molecule has 0 saturated heterocycles. The Hall–Kier alpha value is -0.670. The molecule has 0 fully saturated rings. The van der Waals surface area contributed by atoms with Gasteiger partial charge in [0.05, 0.1) is 0 Å². The first kappa shape index (κ1) is 14.3. The number of halogens is 9. The van der Waals surface area contributed by atoms with E-state index in [2.05, 4.69) is 4.74 Å². The van der Waals surface area contributed by atoms with E-state index in [-0.39, 0.29) is 0 Å². The van der Waals surface area contributed by atoms with E-state index in [9.17, 15) is 39.5 Å². The van der Waals surface area contributed by atoms with E-state index >= 15 is 0 Å². The Kier molecular flexibility index (Phi) is 3.88. The zero-order valence-corrected chi connectivity index (χ0v) is 6.59. The van der Waals surface area contributed by atoms with E-state index in [4.69, 9.17) is 0 Å². The Labute approximate surface area is 76.8 Å². The lowest BCUT2D eigenvalue weighted by atomic mass is 10.4. The van der Waals surface area contributed by atoms with Crippen molar-refractivity contribution in [3.05, 3.63) is 0 Å². The van der Waals surface area contributed by atoms with E-state index in [0.29, 0.717) is 0 Å². The van der Waals surface area contributed by atoms with E-state index in [1.807, 2.05) is 0 Å². The van der Waals surface area contributed by atoms with Gasteiger partial charge in [-0.1, -0.05) is 0 Å². The zero-order valence-electron chi connectivity index (χ0n) is 6.59. The highest BCUT2D eigenvalue weighted by Crippen LogP contribution is 2.36. The minimum atomic E-state index is -5.80. The molecule has 0 aliphatic rings. The third-order valence-electron chi connectivity index (χ3n) is 0.939. The molecule has 1 nitrogen and oxygen atoms in total. The predicted molar refractivity (Wildman–Crippen MR) is 27.7 cm³/mol. The lowest BCUT2D eigenvalue weighted by molar-refractivity contribution is -0.375. The summed E-state index contributed by atoms with van der Waals surface area (Å²) < 4.78 is 106. The first-order valence-corrected chi connectivity index (χ1v) is 3.17. The van der Waals surface area contributed by atoms with Gasteiger partial charge in [0.1, 0.15) is 6.42 Å². The standard InChI is InChI=1S/C5H3F9O/c6-2(5(12,13)14)15-4(10,11)1-3(7,8)9/h2H,1H2. The molecule has 10 heteroatoms. The van der Waals surface area contributed by atoms with E-state index in [1.165, 1.54) is 0 Å². The highest BCUT2D eigenvalue weighted by atomic mass is 19.4. The molecular formula is C5H3F9O. The predicted octanol–water partition coefficient (Wildman–Crippen LogP) is 3.41. The smallest absolute Gasteiger partial charge is 0.277 e. The third-order valence-corrected chi connectivity index (χ3v) is 0.939. The molecule has 0 aromatic heterocycles. The summed E-state index contributed by atoms with van der Waals surface area (Å²) in [6.45, 7) is 0. The van der Waals surface area contributed by atoms with Crippen LogP contribution in [0.4, 0.5) is 39.5 Å². The Morgan fingerprint density at radius 1 is 0.867 bits per heavy atom. The van der Waals surface area contributed by atoms with Gasteiger partial charge < -0.3 is 0 Å². The zero-order chi connectivity index (χ0) is 12.5. The summed E-state index contributed by atoms with van der Waals surface area (Å²) in [6.07, 6.45) is -24.0. The van der Waals surface area contributed by atoms with Crippen LogP contribution >= 0.6 is 0 Å². The van der Waals surface area contributed by atoms with Gasteiger partial charge in [-0.3, -0.25) is 4.74 Å². The lowest BCUT2D eigenvalue weighted by Crippen LogP contribution is -2.37. The fourth-order valence-corrected chi connectivity index (χ4v) is 0.493. The van der Waals surface area contributed by atoms with Gasteiger partial charge in [0.25, 0.3) is 6.36 Å². The molecule has 92 valence electrons. The van der Waals surface area contributed by atoms with Crippen molar-refractivity contribution in [3.63, 3.8) is 0 Å². The van der Waals surface area contributed by atoms with Crippen molar-refractivity contribution in [2.75, 3.05) is 0 Å². The Balaban J connectivity index is 4.39. The Morgan fingerprint density at radius 3 is 1.53 bits per heavy atom. The molecule has 0 aromatic rings. The van der Waals surface area contributed by atoms with Crippen molar-refractivity contribution in [3.8, 4) is 0 Å². The molecule has 15 heavy (non-hydrogen) atoms. The van der Waals surface area contributed by atoms with Crippen LogP contribution in [0.15, 0.2) is 0 Å². The molecular weight excluding hydrogens is 247 g/mol. The first-order chi connectivity index (χ1) is 6.33. The van der Waals surface area contributed by atoms with Gasteiger partial charge in [-0.15, -0.1) is 0 Å². The molecule has 0 radical (unpaired) electrons. The van der Waals surface area contributed by atoms with Crippen molar-refractivity contribution in [2.45, 2.75) is 31.2 Å². The molecule has 0 amide bonds. The molecule has 0 bridgehead atoms. The topological polar surface area (TPSA) is 9.23 Å². The molecule has 0 spiro atoms. The molecule has 0 saturated carbocycles. The molecule has 0 rings (SSSR count). The van der Waals surface area contributed by atoms with Crippen molar-refractivity contribution in [2.24, 2.45) is 0 Å². The number of hydrogen-bond donors (Lipinski definition) is 0. The van der Waals surface area contributed by atoms with Crippen molar-refractivity contribution in [1.29, 1.82) is 0 Å². The van der Waals surface area contributed by atoms with Gasteiger partial charge in [-0.2, -0.15) is 35.1 Å². The minimum Gasteiger partial charge on any atom is -0.277 e. The summed E-state index contributed by atoms with van der Waals surface area (Å²) in [5.41, 5.74) is 0. The highest BCUT2D eigenvalue weighted by Gasteiger charge is 2.52. The van der Waals surface area contributed by atoms with Gasteiger partial charge in [0, 0.05) is 0 Å². The second kappa shape index (κ2) is 4.06. The maximum Gasteiger partial charge on any atom is 0.445 e. The lowest BCUT2D eigenvalue weighted by Gasteiger charge is -2.21. The molecule has 0 aromatic carbocycles. The molecule has 0 aliphatic heterocycles. The van der Waals surface area contributed by atoms with Crippen LogP contribution in [0.1, 0.15) is 6.42 Å². The second-order valence-corrected chi connectivity index (χ2v) is 2.40. The molecule has 0 N–H and O–H groups in total. The van der Waals surface area contributed by atoms with Gasteiger partial charge in [0.15, 0.2) is 0 Å². The van der Waals surface area contributed by atoms with Crippen LogP contribution in [-0.4, -0.2) is 24.8 Å². The molecule has 1 atom stereocenters. The fraction of sp³-hybridized carbons (Fsp3) is 1.00. The van der Waals surface area contributed by atoms with Crippen LogP contribution in [-0.2, 0) is 4.74 Å².